The molecule has 0 aliphatic rings. The number of halogens is 1. The van der Waals surface area contributed by atoms with Gasteiger partial charge in [0.2, 0.25) is 11.1 Å². The Morgan fingerprint density at radius 1 is 1.00 bits per heavy atom. The number of aromatic nitrogens is 2. The van der Waals surface area contributed by atoms with E-state index in [1.807, 2.05) is 18.2 Å². The van der Waals surface area contributed by atoms with Crippen molar-refractivity contribution in [2.75, 3.05) is 0 Å². The van der Waals surface area contributed by atoms with Crippen LogP contribution in [-0.4, -0.2) is 20.1 Å². The van der Waals surface area contributed by atoms with Gasteiger partial charge in [-0.2, -0.15) is 0 Å². The average molecular weight is 398 g/mol. The molecule has 0 radical (unpaired) electrons. The number of rotatable bonds is 5. The number of oxime groups is 1. The third-order valence-corrected chi connectivity index (χ3v) is 5.07. The minimum Gasteiger partial charge on any atom is -0.411 e. The Hall–Kier alpha value is -3.12. The zero-order valence-corrected chi connectivity index (χ0v) is 16.3. The molecule has 2 aromatic heterocycles. The zero-order chi connectivity index (χ0) is 20.3. The summed E-state index contributed by atoms with van der Waals surface area (Å²) >= 11 is 6.44. The summed E-state index contributed by atoms with van der Waals surface area (Å²) in [7, 11) is 3.32. The highest BCUT2D eigenvalue weighted by Crippen LogP contribution is 2.33. The van der Waals surface area contributed by atoms with Gasteiger partial charge in [0.05, 0.1) is 5.71 Å². The molecule has 1 unspecified atom stereocenters. The van der Waals surface area contributed by atoms with Crippen molar-refractivity contribution in [3.63, 3.8) is 0 Å². The van der Waals surface area contributed by atoms with Gasteiger partial charge >= 0.3 is 0 Å². The second-order valence-electron chi connectivity index (χ2n) is 6.60. The van der Waals surface area contributed by atoms with Crippen molar-refractivity contribution in [3.8, 4) is 0 Å². The molecule has 0 bridgehead atoms. The highest BCUT2D eigenvalue weighted by atomic mass is 35.5. The number of benzene rings is 1. The lowest BCUT2D eigenvalue weighted by atomic mass is 9.86. The molecule has 0 spiro atoms. The third kappa shape index (κ3) is 4.07. The lowest BCUT2D eigenvalue weighted by molar-refractivity contribution is 0.317. The maximum atomic E-state index is 11.8. The fourth-order valence-corrected chi connectivity index (χ4v) is 3.43. The van der Waals surface area contributed by atoms with Crippen LogP contribution >= 0.6 is 11.6 Å². The molecule has 28 heavy (non-hydrogen) atoms. The molecule has 144 valence electrons. The summed E-state index contributed by atoms with van der Waals surface area (Å²) in [5, 5.41) is 13.7. The topological polar surface area (TPSA) is 76.6 Å². The summed E-state index contributed by atoms with van der Waals surface area (Å²) in [4.78, 5) is 23.5. The lowest BCUT2D eigenvalue weighted by Crippen LogP contribution is -2.20. The van der Waals surface area contributed by atoms with Gasteiger partial charge in [-0.3, -0.25) is 9.59 Å². The maximum Gasteiger partial charge on any atom is 0.250 e. The Morgan fingerprint density at radius 3 is 2.25 bits per heavy atom. The van der Waals surface area contributed by atoms with Gasteiger partial charge in [0.25, 0.3) is 0 Å². The van der Waals surface area contributed by atoms with Gasteiger partial charge in [0.1, 0.15) is 0 Å². The SMILES string of the molecule is Cn1cc(/C(CC(c2ccc(=O)n(C)c2)c2ccccc2Cl)=N\O)ccc1=O. The first-order valence-corrected chi connectivity index (χ1v) is 9.07. The highest BCUT2D eigenvalue weighted by molar-refractivity contribution is 6.31. The molecule has 0 aliphatic carbocycles. The summed E-state index contributed by atoms with van der Waals surface area (Å²) in [6.45, 7) is 0. The smallest absolute Gasteiger partial charge is 0.250 e. The molecule has 1 aromatic carbocycles. The van der Waals surface area contributed by atoms with Crippen LogP contribution in [0.4, 0.5) is 0 Å². The van der Waals surface area contributed by atoms with E-state index in [-0.39, 0.29) is 17.0 Å². The molecular formula is C21H20ClN3O3. The number of hydrogen-bond donors (Lipinski definition) is 1. The molecule has 0 saturated heterocycles. The largest absolute Gasteiger partial charge is 0.411 e. The molecule has 0 amide bonds. The molecule has 3 rings (SSSR count). The van der Waals surface area contributed by atoms with Crippen LogP contribution in [-0.2, 0) is 14.1 Å². The van der Waals surface area contributed by atoms with Crippen LogP contribution in [0.2, 0.25) is 5.02 Å². The fraction of sp³-hybridized carbons (Fsp3) is 0.190. The quantitative estimate of drug-likeness (QED) is 0.408. The van der Waals surface area contributed by atoms with E-state index in [9.17, 15) is 14.8 Å². The first kappa shape index (κ1) is 19.6. The molecule has 0 aliphatic heterocycles. The normalized spacial score (nSPS) is 12.8. The van der Waals surface area contributed by atoms with Crippen LogP contribution < -0.4 is 11.1 Å². The van der Waals surface area contributed by atoms with E-state index in [1.54, 1.807) is 44.7 Å². The summed E-state index contributed by atoms with van der Waals surface area (Å²) in [6.07, 6.45) is 3.71. The molecule has 1 atom stereocenters. The van der Waals surface area contributed by atoms with Gasteiger partial charge in [0, 0.05) is 61.5 Å². The predicted octanol–water partition coefficient (Wildman–Crippen LogP) is 3.14. The lowest BCUT2D eigenvalue weighted by Gasteiger charge is -2.20. The van der Waals surface area contributed by atoms with Crippen molar-refractivity contribution in [2.24, 2.45) is 19.3 Å². The molecule has 0 fully saturated rings. The van der Waals surface area contributed by atoms with E-state index in [0.717, 1.165) is 11.1 Å². The van der Waals surface area contributed by atoms with Gasteiger partial charge in [-0.05, 0) is 23.3 Å². The monoisotopic (exact) mass is 397 g/mol. The fourth-order valence-electron chi connectivity index (χ4n) is 3.16. The summed E-state index contributed by atoms with van der Waals surface area (Å²) in [5.74, 6) is -0.247. The Balaban J connectivity index is 2.09. The number of hydrogen-bond acceptors (Lipinski definition) is 4. The van der Waals surface area contributed by atoms with Crippen molar-refractivity contribution in [1.29, 1.82) is 0 Å². The second kappa shape index (κ2) is 8.27. The Kier molecular flexibility index (Phi) is 5.80. The van der Waals surface area contributed by atoms with Crippen LogP contribution in [0.1, 0.15) is 29.0 Å². The van der Waals surface area contributed by atoms with E-state index >= 15 is 0 Å². The van der Waals surface area contributed by atoms with E-state index in [4.69, 9.17) is 11.6 Å². The number of pyridine rings is 2. The Morgan fingerprint density at radius 2 is 1.64 bits per heavy atom. The molecule has 6 nitrogen and oxygen atoms in total. The standard InChI is InChI=1S/C21H20ClN3O3/c1-24-12-14(7-9-20(24)26)17(16-5-3-4-6-18(16)22)11-19(23-28)15-8-10-21(27)25(2)13-15/h3-10,12-13,17,28H,11H2,1-2H3/b23-19-. The second-order valence-corrected chi connectivity index (χ2v) is 7.01. The molecule has 2 heterocycles. The summed E-state index contributed by atoms with van der Waals surface area (Å²) < 4.78 is 2.93. The van der Waals surface area contributed by atoms with Crippen molar-refractivity contribution in [1.82, 2.24) is 9.13 Å². The van der Waals surface area contributed by atoms with Crippen LogP contribution in [0.15, 0.2) is 75.7 Å². The Bertz CT molecular complexity index is 1150. The van der Waals surface area contributed by atoms with Gasteiger partial charge < -0.3 is 14.3 Å². The van der Waals surface area contributed by atoms with Crippen LogP contribution in [0.5, 0.6) is 0 Å². The van der Waals surface area contributed by atoms with Gasteiger partial charge in [-0.15, -0.1) is 0 Å². The van der Waals surface area contributed by atoms with E-state index in [2.05, 4.69) is 5.16 Å². The van der Waals surface area contributed by atoms with Crippen LogP contribution in [0.25, 0.3) is 0 Å². The van der Waals surface area contributed by atoms with Crippen molar-refractivity contribution in [3.05, 3.63) is 103 Å². The minimum absolute atomic E-state index is 0.115. The third-order valence-electron chi connectivity index (χ3n) is 4.73. The highest BCUT2D eigenvalue weighted by Gasteiger charge is 2.21. The minimum atomic E-state index is -0.247. The predicted molar refractivity (Wildman–Crippen MR) is 110 cm³/mol. The van der Waals surface area contributed by atoms with Gasteiger partial charge in [-0.25, -0.2) is 0 Å². The van der Waals surface area contributed by atoms with E-state index in [0.29, 0.717) is 22.7 Å². The molecule has 3 aromatic rings. The van der Waals surface area contributed by atoms with Crippen LogP contribution in [0.3, 0.4) is 0 Å². The van der Waals surface area contributed by atoms with E-state index in [1.165, 1.54) is 21.3 Å². The van der Waals surface area contributed by atoms with Crippen molar-refractivity contribution >= 4 is 17.3 Å². The number of aryl methyl sites for hydroxylation is 2. The Labute approximate surface area is 166 Å². The summed E-state index contributed by atoms with van der Waals surface area (Å²) in [5.41, 5.74) is 2.49. The molecule has 7 heteroatoms. The molecule has 0 saturated carbocycles. The molecular weight excluding hydrogens is 378 g/mol. The van der Waals surface area contributed by atoms with E-state index < -0.39 is 0 Å². The number of nitrogens with zero attached hydrogens (tertiary/aromatic N) is 3. The zero-order valence-electron chi connectivity index (χ0n) is 15.5. The summed E-state index contributed by atoms with van der Waals surface area (Å²) in [6, 6.07) is 13.8. The maximum absolute atomic E-state index is 11.8. The van der Waals surface area contributed by atoms with Crippen molar-refractivity contribution < 1.29 is 5.21 Å². The van der Waals surface area contributed by atoms with Crippen LogP contribution in [0, 0.1) is 0 Å². The molecule has 1 N–H and O–H groups in total. The van der Waals surface area contributed by atoms with Crippen molar-refractivity contribution in [2.45, 2.75) is 12.3 Å². The first-order valence-electron chi connectivity index (χ1n) is 8.69. The van der Waals surface area contributed by atoms with Gasteiger partial charge in [-0.1, -0.05) is 41.0 Å². The first-order chi connectivity index (χ1) is 13.4. The average Bonchev–Trinajstić information content (AvgIpc) is 2.68. The van der Waals surface area contributed by atoms with Gasteiger partial charge in [0.15, 0.2) is 0 Å².